The van der Waals surface area contributed by atoms with Crippen LogP contribution >= 0.6 is 0 Å². The summed E-state index contributed by atoms with van der Waals surface area (Å²) in [5, 5.41) is 13.7. The largest absolute Gasteiger partial charge is 0.389 e. The molecule has 2 rings (SSSR count). The lowest BCUT2D eigenvalue weighted by molar-refractivity contribution is 0.0129. The molecule has 0 unspecified atom stereocenters. The van der Waals surface area contributed by atoms with Crippen molar-refractivity contribution < 1.29 is 9.84 Å². The van der Waals surface area contributed by atoms with E-state index in [0.717, 1.165) is 32.3 Å². The van der Waals surface area contributed by atoms with Gasteiger partial charge in [0, 0.05) is 19.2 Å². The summed E-state index contributed by atoms with van der Waals surface area (Å²) in [4.78, 5) is 0. The van der Waals surface area contributed by atoms with Gasteiger partial charge in [-0.1, -0.05) is 44.2 Å². The predicted octanol–water partition coefficient (Wildman–Crippen LogP) is 3.12. The van der Waals surface area contributed by atoms with E-state index >= 15 is 0 Å². The number of ether oxygens (including phenoxy) is 1. The van der Waals surface area contributed by atoms with Gasteiger partial charge in [0.2, 0.25) is 0 Å². The monoisotopic (exact) mass is 291 g/mol. The van der Waals surface area contributed by atoms with Crippen LogP contribution in [0.3, 0.4) is 0 Å². The number of hydrogen-bond acceptors (Lipinski definition) is 3. The molecular formula is C18H29NO2. The Bertz CT molecular complexity index is 397. The van der Waals surface area contributed by atoms with Crippen LogP contribution in [0.1, 0.15) is 45.1 Å². The Morgan fingerprint density at radius 1 is 1.19 bits per heavy atom. The number of nitrogens with one attached hydrogen (secondary N) is 1. The Labute approximate surface area is 128 Å². The van der Waals surface area contributed by atoms with Crippen LogP contribution in [0.2, 0.25) is 0 Å². The quantitative estimate of drug-likeness (QED) is 0.734. The summed E-state index contributed by atoms with van der Waals surface area (Å²) in [5.74, 6) is 0.669. The van der Waals surface area contributed by atoms with E-state index in [1.807, 2.05) is 32.0 Å². The molecule has 1 aliphatic rings. The molecule has 0 bridgehead atoms. The fraction of sp³-hybridized carbons (Fsp3) is 0.667. The molecule has 3 heteroatoms. The predicted molar refractivity (Wildman–Crippen MR) is 86.1 cm³/mol. The highest BCUT2D eigenvalue weighted by atomic mass is 16.5. The molecule has 1 aliphatic carbocycles. The van der Waals surface area contributed by atoms with Crippen LogP contribution in [0.25, 0.3) is 0 Å². The first kappa shape index (κ1) is 16.5. The summed E-state index contributed by atoms with van der Waals surface area (Å²) in [6, 6.07) is 10.9. The molecule has 2 N–H and O–H groups in total. The van der Waals surface area contributed by atoms with Gasteiger partial charge < -0.3 is 15.2 Å². The second-order valence-electron chi connectivity index (χ2n) is 6.35. The van der Waals surface area contributed by atoms with Crippen LogP contribution in [0.4, 0.5) is 0 Å². The van der Waals surface area contributed by atoms with Gasteiger partial charge >= 0.3 is 0 Å². The van der Waals surface area contributed by atoms with E-state index in [4.69, 9.17) is 4.74 Å². The van der Waals surface area contributed by atoms with Crippen molar-refractivity contribution in [2.75, 3.05) is 13.2 Å². The molecule has 0 spiro atoms. The standard InChI is InChI=1S/C18H29NO2/c1-3-18(20,4-2)14-19-17-10-16(11-17)13-21-12-15-8-6-5-7-9-15/h5-9,16-17,19-20H,3-4,10-14H2,1-2H3. The number of benzene rings is 1. The molecule has 0 amide bonds. The van der Waals surface area contributed by atoms with Crippen molar-refractivity contribution in [3.8, 4) is 0 Å². The van der Waals surface area contributed by atoms with Gasteiger partial charge in [-0.3, -0.25) is 0 Å². The molecule has 1 saturated carbocycles. The Morgan fingerprint density at radius 2 is 1.86 bits per heavy atom. The zero-order valence-electron chi connectivity index (χ0n) is 13.3. The maximum atomic E-state index is 10.2. The molecule has 1 aromatic carbocycles. The summed E-state index contributed by atoms with van der Waals surface area (Å²) in [5.41, 5.74) is 0.706. The maximum Gasteiger partial charge on any atom is 0.0766 e. The van der Waals surface area contributed by atoms with Gasteiger partial charge in [0.25, 0.3) is 0 Å². The molecule has 118 valence electrons. The molecule has 1 fully saturated rings. The molecule has 0 saturated heterocycles. The number of rotatable bonds is 9. The molecule has 3 nitrogen and oxygen atoms in total. The van der Waals surface area contributed by atoms with E-state index in [2.05, 4.69) is 17.4 Å². The van der Waals surface area contributed by atoms with Crippen molar-refractivity contribution in [2.24, 2.45) is 5.92 Å². The van der Waals surface area contributed by atoms with E-state index in [-0.39, 0.29) is 0 Å². The van der Waals surface area contributed by atoms with Gasteiger partial charge in [-0.05, 0) is 37.2 Å². The Balaban J connectivity index is 1.55. The topological polar surface area (TPSA) is 41.5 Å². The SMILES string of the molecule is CCC(O)(CC)CNC1CC(COCc2ccccc2)C1. The third-order valence-electron chi connectivity index (χ3n) is 4.74. The lowest BCUT2D eigenvalue weighted by Crippen LogP contribution is -2.49. The highest BCUT2D eigenvalue weighted by Gasteiger charge is 2.31. The van der Waals surface area contributed by atoms with Gasteiger partial charge in [-0.15, -0.1) is 0 Å². The summed E-state index contributed by atoms with van der Waals surface area (Å²) >= 11 is 0. The average molecular weight is 291 g/mol. The lowest BCUT2D eigenvalue weighted by atomic mass is 9.80. The van der Waals surface area contributed by atoms with Gasteiger partial charge in [-0.2, -0.15) is 0 Å². The fourth-order valence-electron chi connectivity index (χ4n) is 2.79. The molecule has 0 aliphatic heterocycles. The van der Waals surface area contributed by atoms with Crippen LogP contribution in [0, 0.1) is 5.92 Å². The summed E-state index contributed by atoms with van der Waals surface area (Å²) in [6.45, 7) is 6.36. The van der Waals surface area contributed by atoms with Crippen molar-refractivity contribution in [3.63, 3.8) is 0 Å². The van der Waals surface area contributed by atoms with Crippen molar-refractivity contribution in [1.82, 2.24) is 5.32 Å². The Hall–Kier alpha value is -0.900. The summed E-state index contributed by atoms with van der Waals surface area (Å²) in [6.07, 6.45) is 3.95. The van der Waals surface area contributed by atoms with Crippen molar-refractivity contribution in [2.45, 2.75) is 57.8 Å². The second kappa shape index (κ2) is 7.92. The van der Waals surface area contributed by atoms with Crippen LogP contribution in [0.15, 0.2) is 30.3 Å². The maximum absolute atomic E-state index is 10.2. The van der Waals surface area contributed by atoms with Crippen LogP contribution in [0.5, 0.6) is 0 Å². The lowest BCUT2D eigenvalue weighted by Gasteiger charge is -2.38. The molecule has 0 aromatic heterocycles. The second-order valence-corrected chi connectivity index (χ2v) is 6.35. The highest BCUT2D eigenvalue weighted by Crippen LogP contribution is 2.28. The van der Waals surface area contributed by atoms with Crippen LogP contribution < -0.4 is 5.32 Å². The minimum Gasteiger partial charge on any atom is -0.389 e. The van der Waals surface area contributed by atoms with Gasteiger partial charge in [0.15, 0.2) is 0 Å². The first-order valence-corrected chi connectivity index (χ1v) is 8.22. The summed E-state index contributed by atoms with van der Waals surface area (Å²) < 4.78 is 5.78. The van der Waals surface area contributed by atoms with Crippen molar-refractivity contribution in [3.05, 3.63) is 35.9 Å². The van der Waals surface area contributed by atoms with Crippen molar-refractivity contribution in [1.29, 1.82) is 0 Å². The Kier molecular flexibility index (Phi) is 6.22. The zero-order valence-corrected chi connectivity index (χ0v) is 13.3. The van der Waals surface area contributed by atoms with Gasteiger partial charge in [-0.25, -0.2) is 0 Å². The number of hydrogen-bond donors (Lipinski definition) is 2. The normalized spacial score (nSPS) is 22.0. The van der Waals surface area contributed by atoms with E-state index in [0.29, 0.717) is 25.1 Å². The molecule has 21 heavy (non-hydrogen) atoms. The third-order valence-corrected chi connectivity index (χ3v) is 4.74. The third kappa shape index (κ3) is 5.10. The highest BCUT2D eigenvalue weighted by molar-refractivity contribution is 5.13. The minimum atomic E-state index is -0.533. The molecule has 0 atom stereocenters. The van der Waals surface area contributed by atoms with E-state index in [1.165, 1.54) is 5.56 Å². The summed E-state index contributed by atoms with van der Waals surface area (Å²) in [7, 11) is 0. The molecular weight excluding hydrogens is 262 g/mol. The minimum absolute atomic E-state index is 0.533. The average Bonchev–Trinajstić information content (AvgIpc) is 2.49. The van der Waals surface area contributed by atoms with E-state index < -0.39 is 5.60 Å². The molecule has 1 aromatic rings. The van der Waals surface area contributed by atoms with Crippen molar-refractivity contribution >= 4 is 0 Å². The molecule has 0 heterocycles. The number of aliphatic hydroxyl groups is 1. The zero-order chi connectivity index (χ0) is 15.1. The smallest absolute Gasteiger partial charge is 0.0766 e. The fourth-order valence-corrected chi connectivity index (χ4v) is 2.79. The first-order valence-electron chi connectivity index (χ1n) is 8.22. The van der Waals surface area contributed by atoms with E-state index in [9.17, 15) is 5.11 Å². The first-order chi connectivity index (χ1) is 10.1. The van der Waals surface area contributed by atoms with Crippen LogP contribution in [-0.4, -0.2) is 29.9 Å². The van der Waals surface area contributed by atoms with Crippen LogP contribution in [-0.2, 0) is 11.3 Å². The molecule has 0 radical (unpaired) electrons. The van der Waals surface area contributed by atoms with Gasteiger partial charge in [0.1, 0.15) is 0 Å². The van der Waals surface area contributed by atoms with E-state index in [1.54, 1.807) is 0 Å². The van der Waals surface area contributed by atoms with Gasteiger partial charge in [0.05, 0.1) is 12.2 Å². The Morgan fingerprint density at radius 3 is 2.48 bits per heavy atom.